The number of fused-ring (bicyclic) bond motifs is 2. The number of rotatable bonds is 5. The topological polar surface area (TPSA) is 43.2 Å². The van der Waals surface area contributed by atoms with Crippen molar-refractivity contribution in [3.63, 3.8) is 0 Å². The zero-order valence-electron chi connectivity index (χ0n) is 14.7. The molecule has 2 fully saturated rings. The Balaban J connectivity index is 1.17. The van der Waals surface area contributed by atoms with Crippen LogP contribution in [-0.2, 0) is 13.6 Å². The van der Waals surface area contributed by atoms with Gasteiger partial charge in [0, 0.05) is 37.3 Å². The molecule has 2 aliphatic rings. The molecule has 3 aromatic rings. The molecule has 2 aromatic heterocycles. The summed E-state index contributed by atoms with van der Waals surface area (Å²) in [6, 6.07) is 11.6. The molecular formula is C20H21ClN4O. The summed E-state index contributed by atoms with van der Waals surface area (Å²) in [5.41, 5.74) is 1.93. The van der Waals surface area contributed by atoms with E-state index in [4.69, 9.17) is 21.3 Å². The van der Waals surface area contributed by atoms with Gasteiger partial charge in [-0.1, -0.05) is 17.7 Å². The minimum atomic E-state index is 0.673. The fourth-order valence-electron chi connectivity index (χ4n) is 4.27. The number of pyridine rings is 1. The lowest BCUT2D eigenvalue weighted by molar-refractivity contribution is 0.226. The second-order valence-electron chi connectivity index (χ2n) is 7.39. The molecule has 1 saturated carbocycles. The zero-order chi connectivity index (χ0) is 17.7. The molecule has 1 saturated heterocycles. The Kier molecular flexibility index (Phi) is 3.87. The summed E-state index contributed by atoms with van der Waals surface area (Å²) in [7, 11) is 2.05. The molecule has 0 N–H and O–H groups in total. The molecule has 5 rings (SSSR count). The molecule has 1 aliphatic heterocycles. The molecule has 1 aromatic carbocycles. The molecule has 0 radical (unpaired) electrons. The SMILES string of the molecule is Cn1c(CN2C[C@@H]3C(COc4cccc(Cl)c4)[C@@H]3C2)nc2cccnc21. The van der Waals surface area contributed by atoms with Gasteiger partial charge < -0.3 is 9.30 Å². The minimum Gasteiger partial charge on any atom is -0.493 e. The fraction of sp³-hybridized carbons (Fsp3) is 0.400. The van der Waals surface area contributed by atoms with Crippen LogP contribution >= 0.6 is 11.6 Å². The van der Waals surface area contributed by atoms with E-state index in [0.717, 1.165) is 65.8 Å². The lowest BCUT2D eigenvalue weighted by atomic mass is 10.2. The monoisotopic (exact) mass is 368 g/mol. The van der Waals surface area contributed by atoms with Gasteiger partial charge in [0.1, 0.15) is 17.1 Å². The summed E-state index contributed by atoms with van der Waals surface area (Å²) in [5, 5.41) is 0.724. The third-order valence-electron chi connectivity index (χ3n) is 5.77. The molecule has 1 unspecified atom stereocenters. The normalized spacial score (nSPS) is 24.8. The molecule has 0 bridgehead atoms. The van der Waals surface area contributed by atoms with Crippen LogP contribution in [0.1, 0.15) is 5.82 Å². The van der Waals surface area contributed by atoms with Crippen molar-refractivity contribution in [3.8, 4) is 5.75 Å². The number of nitrogens with zero attached hydrogens (tertiary/aromatic N) is 4. The number of ether oxygens (including phenoxy) is 1. The molecule has 26 heavy (non-hydrogen) atoms. The number of hydrogen-bond donors (Lipinski definition) is 0. The third kappa shape index (κ3) is 2.85. The largest absolute Gasteiger partial charge is 0.493 e. The van der Waals surface area contributed by atoms with E-state index in [2.05, 4.69) is 21.5 Å². The van der Waals surface area contributed by atoms with Crippen molar-refractivity contribution in [1.29, 1.82) is 0 Å². The highest BCUT2D eigenvalue weighted by atomic mass is 35.5. The first-order chi connectivity index (χ1) is 12.7. The number of halogens is 1. The third-order valence-corrected chi connectivity index (χ3v) is 6.01. The molecule has 0 spiro atoms. The van der Waals surface area contributed by atoms with E-state index in [-0.39, 0.29) is 0 Å². The Morgan fingerprint density at radius 2 is 2.04 bits per heavy atom. The second kappa shape index (κ2) is 6.25. The maximum absolute atomic E-state index is 6.01. The van der Waals surface area contributed by atoms with Crippen LogP contribution in [0.15, 0.2) is 42.6 Å². The van der Waals surface area contributed by atoms with Crippen molar-refractivity contribution in [2.24, 2.45) is 24.8 Å². The smallest absolute Gasteiger partial charge is 0.159 e. The molecule has 3 atom stereocenters. The Morgan fingerprint density at radius 1 is 1.19 bits per heavy atom. The molecule has 5 nitrogen and oxygen atoms in total. The zero-order valence-corrected chi connectivity index (χ0v) is 15.4. The number of likely N-dealkylation sites (tertiary alicyclic amines) is 1. The highest BCUT2D eigenvalue weighted by Gasteiger charge is 2.55. The van der Waals surface area contributed by atoms with Crippen molar-refractivity contribution in [3.05, 3.63) is 53.4 Å². The van der Waals surface area contributed by atoms with Gasteiger partial charge in [0.2, 0.25) is 0 Å². The Labute approximate surface area is 157 Å². The van der Waals surface area contributed by atoms with Gasteiger partial charge in [0.25, 0.3) is 0 Å². The molecular weight excluding hydrogens is 348 g/mol. The van der Waals surface area contributed by atoms with Crippen molar-refractivity contribution in [2.45, 2.75) is 6.54 Å². The van der Waals surface area contributed by atoms with Gasteiger partial charge in [-0.25, -0.2) is 9.97 Å². The van der Waals surface area contributed by atoms with Crippen molar-refractivity contribution in [1.82, 2.24) is 19.4 Å². The molecule has 134 valence electrons. The summed E-state index contributed by atoms with van der Waals surface area (Å²) in [5.74, 6) is 4.13. The summed E-state index contributed by atoms with van der Waals surface area (Å²) >= 11 is 6.01. The molecule has 6 heteroatoms. The lowest BCUT2D eigenvalue weighted by Gasteiger charge is -2.19. The van der Waals surface area contributed by atoms with Crippen LogP contribution in [0, 0.1) is 17.8 Å². The first kappa shape index (κ1) is 16.1. The van der Waals surface area contributed by atoms with Gasteiger partial charge in [-0.15, -0.1) is 0 Å². The second-order valence-corrected chi connectivity index (χ2v) is 7.82. The first-order valence-corrected chi connectivity index (χ1v) is 9.44. The van der Waals surface area contributed by atoms with E-state index in [0.29, 0.717) is 5.92 Å². The molecule has 3 heterocycles. The molecule has 1 aliphatic carbocycles. The Bertz CT molecular complexity index is 944. The number of aryl methyl sites for hydroxylation is 1. The Hall–Kier alpha value is -2.11. The minimum absolute atomic E-state index is 0.673. The van der Waals surface area contributed by atoms with Crippen LogP contribution in [0.25, 0.3) is 11.2 Å². The van der Waals surface area contributed by atoms with Crippen LogP contribution in [0.4, 0.5) is 0 Å². The van der Waals surface area contributed by atoms with Gasteiger partial charge in [-0.05, 0) is 42.2 Å². The average Bonchev–Trinajstić information content (AvgIpc) is 2.96. The van der Waals surface area contributed by atoms with E-state index >= 15 is 0 Å². The maximum Gasteiger partial charge on any atom is 0.159 e. The summed E-state index contributed by atoms with van der Waals surface area (Å²) in [4.78, 5) is 11.7. The number of aromatic nitrogens is 3. The molecule has 0 amide bonds. The lowest BCUT2D eigenvalue weighted by Crippen LogP contribution is -2.26. The highest BCUT2D eigenvalue weighted by Crippen LogP contribution is 2.52. The maximum atomic E-state index is 6.01. The summed E-state index contributed by atoms with van der Waals surface area (Å²) in [6.07, 6.45) is 1.82. The number of piperidine rings is 1. The van der Waals surface area contributed by atoms with E-state index in [1.54, 1.807) is 0 Å². The van der Waals surface area contributed by atoms with Gasteiger partial charge >= 0.3 is 0 Å². The van der Waals surface area contributed by atoms with E-state index in [1.165, 1.54) is 0 Å². The van der Waals surface area contributed by atoms with Crippen LogP contribution in [0.2, 0.25) is 5.02 Å². The number of hydrogen-bond acceptors (Lipinski definition) is 4. The van der Waals surface area contributed by atoms with E-state index < -0.39 is 0 Å². The van der Waals surface area contributed by atoms with Crippen LogP contribution in [0.5, 0.6) is 5.75 Å². The summed E-state index contributed by atoms with van der Waals surface area (Å²) in [6.45, 7) is 3.94. The van der Waals surface area contributed by atoms with E-state index in [9.17, 15) is 0 Å². The van der Waals surface area contributed by atoms with Crippen LogP contribution in [-0.4, -0.2) is 39.1 Å². The van der Waals surface area contributed by atoms with Gasteiger partial charge in [0.05, 0.1) is 13.2 Å². The predicted octanol–water partition coefficient (Wildman–Crippen LogP) is 3.38. The quantitative estimate of drug-likeness (QED) is 0.692. The van der Waals surface area contributed by atoms with Crippen LogP contribution in [0.3, 0.4) is 0 Å². The van der Waals surface area contributed by atoms with Gasteiger partial charge in [-0.3, -0.25) is 4.90 Å². The number of benzene rings is 1. The standard InChI is InChI=1S/C20H21ClN4O/c1-24-19(23-18-6-3-7-22-20(18)24)11-25-9-15-16(10-25)17(15)12-26-14-5-2-4-13(21)8-14/h2-8,15-17H,9-12H2,1H3/t15-,16+,17?. The van der Waals surface area contributed by atoms with Crippen molar-refractivity contribution in [2.75, 3.05) is 19.7 Å². The van der Waals surface area contributed by atoms with Gasteiger partial charge in [0.15, 0.2) is 5.65 Å². The van der Waals surface area contributed by atoms with E-state index in [1.807, 2.05) is 42.6 Å². The fourth-order valence-corrected chi connectivity index (χ4v) is 4.45. The predicted molar refractivity (Wildman–Crippen MR) is 101 cm³/mol. The summed E-state index contributed by atoms with van der Waals surface area (Å²) < 4.78 is 8.04. The Morgan fingerprint density at radius 3 is 2.81 bits per heavy atom. The number of imidazole rings is 1. The van der Waals surface area contributed by atoms with Crippen molar-refractivity contribution >= 4 is 22.8 Å². The highest BCUT2D eigenvalue weighted by molar-refractivity contribution is 6.30. The average molecular weight is 369 g/mol. The van der Waals surface area contributed by atoms with Gasteiger partial charge in [-0.2, -0.15) is 0 Å². The van der Waals surface area contributed by atoms with Crippen LogP contribution < -0.4 is 4.74 Å². The van der Waals surface area contributed by atoms with Crippen molar-refractivity contribution < 1.29 is 4.74 Å². The first-order valence-electron chi connectivity index (χ1n) is 9.06.